The average Bonchev–Trinajstić information content (AvgIpc) is 2.58. The summed E-state index contributed by atoms with van der Waals surface area (Å²) in [5, 5.41) is 0. The summed E-state index contributed by atoms with van der Waals surface area (Å²) in [6, 6.07) is 4.65. The van der Waals surface area contributed by atoms with Gasteiger partial charge in [0.25, 0.3) is 5.91 Å². The summed E-state index contributed by atoms with van der Waals surface area (Å²) >= 11 is 0. The number of hydrogen-bond donors (Lipinski definition) is 1. The van der Waals surface area contributed by atoms with E-state index in [1.54, 1.807) is 38.7 Å². The van der Waals surface area contributed by atoms with Crippen LogP contribution in [0.2, 0.25) is 0 Å². The van der Waals surface area contributed by atoms with Crippen LogP contribution in [-0.2, 0) is 14.8 Å². The summed E-state index contributed by atoms with van der Waals surface area (Å²) in [6.45, 7) is 9.12. The number of nitrogens with zero attached hydrogens (tertiary/aromatic N) is 2. The second kappa shape index (κ2) is 8.07. The molecule has 2 aliphatic rings. The highest BCUT2D eigenvalue weighted by molar-refractivity contribution is 7.89. The van der Waals surface area contributed by atoms with Crippen molar-refractivity contribution in [2.75, 3.05) is 26.2 Å². The Morgan fingerprint density at radius 3 is 2.14 bits per heavy atom. The third-order valence-corrected chi connectivity index (χ3v) is 7.28. The predicted octanol–water partition coefficient (Wildman–Crippen LogP) is 2.16. The lowest BCUT2D eigenvalue weighted by Crippen LogP contribution is -2.52. The van der Waals surface area contributed by atoms with Crippen molar-refractivity contribution in [1.29, 1.82) is 0 Å². The van der Waals surface area contributed by atoms with Crippen LogP contribution >= 0.6 is 0 Å². The lowest BCUT2D eigenvalue weighted by atomic mass is 9.84. The van der Waals surface area contributed by atoms with Gasteiger partial charge in [0.1, 0.15) is 0 Å². The minimum absolute atomic E-state index is 0.0835. The van der Waals surface area contributed by atoms with Crippen LogP contribution in [0.15, 0.2) is 23.1 Å². The van der Waals surface area contributed by atoms with Crippen molar-refractivity contribution in [1.82, 2.24) is 14.5 Å². The summed E-state index contributed by atoms with van der Waals surface area (Å²) in [4.78, 5) is 29.1. The molecule has 1 aromatic rings. The predicted molar refractivity (Wildman–Crippen MR) is 111 cm³/mol. The Labute approximate surface area is 173 Å². The van der Waals surface area contributed by atoms with E-state index in [9.17, 15) is 18.0 Å². The Bertz CT molecular complexity index is 893. The molecule has 1 saturated carbocycles. The molecule has 2 amide bonds. The molecule has 8 heteroatoms. The number of benzene rings is 1. The first-order valence-corrected chi connectivity index (χ1v) is 11.7. The summed E-state index contributed by atoms with van der Waals surface area (Å²) in [5.74, 6) is 0.184. The van der Waals surface area contributed by atoms with Gasteiger partial charge in [0.2, 0.25) is 15.9 Å². The van der Waals surface area contributed by atoms with E-state index >= 15 is 0 Å². The van der Waals surface area contributed by atoms with Gasteiger partial charge in [-0.25, -0.2) is 13.1 Å². The third-order valence-electron chi connectivity index (χ3n) is 5.52. The monoisotopic (exact) mass is 421 g/mol. The van der Waals surface area contributed by atoms with Gasteiger partial charge in [-0.3, -0.25) is 9.59 Å². The fourth-order valence-electron chi connectivity index (χ4n) is 3.67. The maximum absolute atomic E-state index is 13.1. The van der Waals surface area contributed by atoms with Crippen LogP contribution in [-0.4, -0.2) is 61.7 Å². The molecule has 1 saturated heterocycles. The molecule has 7 nitrogen and oxygen atoms in total. The first kappa shape index (κ1) is 21.8. The van der Waals surface area contributed by atoms with Crippen molar-refractivity contribution in [2.45, 2.75) is 57.4 Å². The highest BCUT2D eigenvalue weighted by Gasteiger charge is 2.32. The summed E-state index contributed by atoms with van der Waals surface area (Å²) < 4.78 is 27.9. The molecule has 2 fully saturated rings. The quantitative estimate of drug-likeness (QED) is 0.807. The molecule has 0 radical (unpaired) electrons. The minimum Gasteiger partial charge on any atom is -0.339 e. The SMILES string of the molecule is Cc1ccc(S(=O)(=O)NC(C)(C)C)cc1C(=O)N1CCN(C(=O)C2CCC2)CC1. The highest BCUT2D eigenvalue weighted by Crippen LogP contribution is 2.28. The third kappa shape index (κ3) is 4.98. The molecule has 0 aromatic heterocycles. The van der Waals surface area contributed by atoms with Crippen molar-refractivity contribution in [3.05, 3.63) is 29.3 Å². The smallest absolute Gasteiger partial charge is 0.254 e. The standard InChI is InChI=1S/C21H31N3O4S/c1-15-8-9-17(29(27,28)22-21(2,3)4)14-18(15)20(26)24-12-10-23(11-13-24)19(25)16-6-5-7-16/h8-9,14,16,22H,5-7,10-13H2,1-4H3. The lowest BCUT2D eigenvalue weighted by Gasteiger charge is -2.38. The minimum atomic E-state index is -3.72. The molecule has 0 unspecified atom stereocenters. The topological polar surface area (TPSA) is 86.8 Å². The number of rotatable bonds is 4. The van der Waals surface area contributed by atoms with Gasteiger partial charge in [-0.15, -0.1) is 0 Å². The number of carbonyl (C=O) groups excluding carboxylic acids is 2. The molecule has 3 rings (SSSR count). The molecular formula is C21H31N3O4S. The molecule has 1 heterocycles. The second-order valence-electron chi connectivity index (χ2n) is 9.08. The zero-order valence-electron chi connectivity index (χ0n) is 17.7. The van der Waals surface area contributed by atoms with Crippen LogP contribution in [0.1, 0.15) is 56.0 Å². The average molecular weight is 422 g/mol. The van der Waals surface area contributed by atoms with Crippen molar-refractivity contribution >= 4 is 21.8 Å². The Balaban J connectivity index is 1.72. The van der Waals surface area contributed by atoms with E-state index in [4.69, 9.17) is 0 Å². The van der Waals surface area contributed by atoms with Crippen molar-refractivity contribution in [3.63, 3.8) is 0 Å². The summed E-state index contributed by atoms with van der Waals surface area (Å²) in [6.07, 6.45) is 3.07. The van der Waals surface area contributed by atoms with Crippen LogP contribution < -0.4 is 4.72 Å². The molecular weight excluding hydrogens is 390 g/mol. The highest BCUT2D eigenvalue weighted by atomic mass is 32.2. The maximum atomic E-state index is 13.1. The Morgan fingerprint density at radius 2 is 1.62 bits per heavy atom. The lowest BCUT2D eigenvalue weighted by molar-refractivity contribution is -0.139. The fraction of sp³-hybridized carbons (Fsp3) is 0.619. The van der Waals surface area contributed by atoms with Crippen LogP contribution in [0.25, 0.3) is 0 Å². The van der Waals surface area contributed by atoms with E-state index in [1.807, 2.05) is 4.90 Å². The number of sulfonamides is 1. The second-order valence-corrected chi connectivity index (χ2v) is 10.8. The Kier molecular flexibility index (Phi) is 6.06. The molecule has 160 valence electrons. The Morgan fingerprint density at radius 1 is 1.03 bits per heavy atom. The zero-order chi connectivity index (χ0) is 21.4. The van der Waals surface area contributed by atoms with E-state index < -0.39 is 15.6 Å². The normalized spacial score (nSPS) is 18.5. The maximum Gasteiger partial charge on any atom is 0.254 e. The molecule has 1 N–H and O–H groups in total. The van der Waals surface area contributed by atoms with Crippen LogP contribution in [0, 0.1) is 12.8 Å². The number of aryl methyl sites for hydroxylation is 1. The first-order chi connectivity index (χ1) is 13.5. The molecule has 29 heavy (non-hydrogen) atoms. The largest absolute Gasteiger partial charge is 0.339 e. The number of hydrogen-bond acceptors (Lipinski definition) is 4. The van der Waals surface area contributed by atoms with E-state index in [0.29, 0.717) is 31.7 Å². The van der Waals surface area contributed by atoms with Crippen molar-refractivity contribution < 1.29 is 18.0 Å². The van der Waals surface area contributed by atoms with E-state index in [0.717, 1.165) is 24.8 Å². The summed E-state index contributed by atoms with van der Waals surface area (Å²) in [7, 11) is -3.72. The van der Waals surface area contributed by atoms with Gasteiger partial charge in [0, 0.05) is 43.2 Å². The van der Waals surface area contributed by atoms with Crippen LogP contribution in [0.4, 0.5) is 0 Å². The number of nitrogens with one attached hydrogen (secondary N) is 1. The molecule has 1 aliphatic carbocycles. The number of piperazine rings is 1. The zero-order valence-corrected chi connectivity index (χ0v) is 18.5. The van der Waals surface area contributed by atoms with E-state index in [-0.39, 0.29) is 22.6 Å². The van der Waals surface area contributed by atoms with Crippen LogP contribution in [0.5, 0.6) is 0 Å². The van der Waals surface area contributed by atoms with Gasteiger partial charge in [-0.1, -0.05) is 12.5 Å². The van der Waals surface area contributed by atoms with Gasteiger partial charge >= 0.3 is 0 Å². The van der Waals surface area contributed by atoms with Gasteiger partial charge in [-0.05, 0) is 58.2 Å². The van der Waals surface area contributed by atoms with E-state index in [1.165, 1.54) is 12.1 Å². The first-order valence-electron chi connectivity index (χ1n) is 10.2. The molecule has 1 aromatic carbocycles. The van der Waals surface area contributed by atoms with Gasteiger partial charge in [0.15, 0.2) is 0 Å². The van der Waals surface area contributed by atoms with Crippen LogP contribution in [0.3, 0.4) is 0 Å². The van der Waals surface area contributed by atoms with Gasteiger partial charge < -0.3 is 9.80 Å². The molecule has 0 bridgehead atoms. The Hall–Kier alpha value is -1.93. The van der Waals surface area contributed by atoms with Crippen molar-refractivity contribution in [3.8, 4) is 0 Å². The molecule has 0 spiro atoms. The fourth-order valence-corrected chi connectivity index (χ4v) is 5.12. The van der Waals surface area contributed by atoms with Crippen molar-refractivity contribution in [2.24, 2.45) is 5.92 Å². The molecule has 1 aliphatic heterocycles. The van der Waals surface area contributed by atoms with E-state index in [2.05, 4.69) is 4.72 Å². The van der Waals surface area contributed by atoms with Gasteiger partial charge in [-0.2, -0.15) is 0 Å². The number of amides is 2. The number of carbonyl (C=O) groups is 2. The summed E-state index contributed by atoms with van der Waals surface area (Å²) in [5.41, 5.74) is 0.509. The van der Waals surface area contributed by atoms with Gasteiger partial charge in [0.05, 0.1) is 4.90 Å². The molecule has 0 atom stereocenters.